The maximum Gasteiger partial charge on any atom is 0.217 e. The Morgan fingerprint density at radius 1 is 1.12 bits per heavy atom. The molecule has 0 atom stereocenters. The van der Waals surface area contributed by atoms with Gasteiger partial charge in [-0.15, -0.1) is 0 Å². The van der Waals surface area contributed by atoms with Crippen LogP contribution in [0.3, 0.4) is 0 Å². The minimum atomic E-state index is 0.571. The fourth-order valence-electron chi connectivity index (χ4n) is 4.00. The molecule has 0 radical (unpaired) electrons. The third-order valence-corrected chi connectivity index (χ3v) is 5.57. The summed E-state index contributed by atoms with van der Waals surface area (Å²) in [5, 5.41) is 7.91. The van der Waals surface area contributed by atoms with Gasteiger partial charge in [-0.3, -0.25) is 5.43 Å². The summed E-state index contributed by atoms with van der Waals surface area (Å²) < 4.78 is 6.05. The Hall–Kier alpha value is -3.02. The Morgan fingerprint density at radius 3 is 2.70 bits per heavy atom. The van der Waals surface area contributed by atoms with E-state index in [1.807, 2.05) is 24.4 Å². The molecule has 1 heterocycles. The van der Waals surface area contributed by atoms with Crippen LogP contribution in [0.15, 0.2) is 53.3 Å². The number of nitrogens with one attached hydrogen (secondary N) is 2. The van der Waals surface area contributed by atoms with Crippen molar-refractivity contribution in [3.63, 3.8) is 0 Å². The molecule has 1 aliphatic carbocycles. The van der Waals surface area contributed by atoms with Crippen LogP contribution < -0.4 is 20.4 Å². The number of hydrazone groups is 1. The zero-order valence-corrected chi connectivity index (χ0v) is 20.4. The smallest absolute Gasteiger partial charge is 0.217 e. The number of rotatable bonds is 13. The van der Waals surface area contributed by atoms with Gasteiger partial charge in [-0.1, -0.05) is 49.8 Å². The van der Waals surface area contributed by atoms with E-state index < -0.39 is 0 Å². The van der Waals surface area contributed by atoms with Crippen molar-refractivity contribution < 1.29 is 4.74 Å². The van der Waals surface area contributed by atoms with Crippen molar-refractivity contribution in [1.82, 2.24) is 10.3 Å². The lowest BCUT2D eigenvalue weighted by Gasteiger charge is -2.24. The average Bonchev–Trinajstić information content (AvgIpc) is 2.82. The number of hydrogen-bond acceptors (Lipinski definition) is 6. The lowest BCUT2D eigenvalue weighted by molar-refractivity contribution is 0.306. The topological polar surface area (TPSA) is 61.8 Å². The van der Waals surface area contributed by atoms with Crippen molar-refractivity contribution in [1.29, 1.82) is 0 Å². The molecule has 2 aromatic rings. The van der Waals surface area contributed by atoms with E-state index in [-0.39, 0.29) is 0 Å². The monoisotopic (exact) mass is 449 g/mol. The molecule has 0 fully saturated rings. The van der Waals surface area contributed by atoms with Crippen LogP contribution >= 0.6 is 0 Å². The molecule has 1 aromatic carbocycles. The third-order valence-electron chi connectivity index (χ3n) is 5.57. The van der Waals surface area contributed by atoms with Gasteiger partial charge in [0.25, 0.3) is 0 Å². The molecule has 0 saturated carbocycles. The molecule has 0 amide bonds. The standard InChI is InChI=1S/C27H39N5O/c1-4-15-32(16-5-2)25-19-26(31-29-21-23-11-9-10-22(3)18-23)30-27(20-25)33-17-14-28-24-12-7-6-8-13-24/h9-12,18-21,28H,4-8,13-17H2,1-3H3,(H,30,31)/b29-21+. The van der Waals surface area contributed by atoms with E-state index in [4.69, 9.17) is 4.74 Å². The summed E-state index contributed by atoms with van der Waals surface area (Å²) in [4.78, 5) is 7.04. The zero-order chi connectivity index (χ0) is 23.3. The van der Waals surface area contributed by atoms with E-state index in [1.54, 1.807) is 0 Å². The quantitative estimate of drug-likeness (QED) is 0.227. The molecule has 178 valence electrons. The zero-order valence-electron chi connectivity index (χ0n) is 20.4. The molecule has 0 bridgehead atoms. The van der Waals surface area contributed by atoms with Gasteiger partial charge in [-0.25, -0.2) is 0 Å². The van der Waals surface area contributed by atoms with Gasteiger partial charge in [0.05, 0.1) is 6.21 Å². The van der Waals surface area contributed by atoms with Gasteiger partial charge in [-0.2, -0.15) is 10.1 Å². The molecule has 33 heavy (non-hydrogen) atoms. The van der Waals surface area contributed by atoms with E-state index in [9.17, 15) is 0 Å². The number of nitrogens with zero attached hydrogens (tertiary/aromatic N) is 3. The first-order valence-electron chi connectivity index (χ1n) is 12.4. The third kappa shape index (κ3) is 8.44. The van der Waals surface area contributed by atoms with Crippen molar-refractivity contribution in [2.24, 2.45) is 5.10 Å². The van der Waals surface area contributed by atoms with Crippen molar-refractivity contribution in [2.45, 2.75) is 59.3 Å². The van der Waals surface area contributed by atoms with Crippen molar-refractivity contribution in [2.75, 3.05) is 36.6 Å². The van der Waals surface area contributed by atoms with Gasteiger partial charge in [0.1, 0.15) is 6.61 Å². The predicted molar refractivity (Wildman–Crippen MR) is 139 cm³/mol. The van der Waals surface area contributed by atoms with Crippen LogP contribution in [-0.4, -0.2) is 37.4 Å². The normalized spacial score (nSPS) is 13.6. The Morgan fingerprint density at radius 2 is 1.97 bits per heavy atom. The maximum absolute atomic E-state index is 6.05. The van der Waals surface area contributed by atoms with E-state index in [2.05, 4.69) is 70.8 Å². The summed E-state index contributed by atoms with van der Waals surface area (Å²) in [7, 11) is 0. The summed E-state index contributed by atoms with van der Waals surface area (Å²) in [5.74, 6) is 1.31. The van der Waals surface area contributed by atoms with Crippen LogP contribution in [0.4, 0.5) is 11.5 Å². The Labute approximate surface area is 199 Å². The van der Waals surface area contributed by atoms with E-state index in [0.29, 0.717) is 18.3 Å². The number of anilines is 2. The van der Waals surface area contributed by atoms with Crippen molar-refractivity contribution in [3.8, 4) is 5.88 Å². The summed E-state index contributed by atoms with van der Waals surface area (Å²) in [6.45, 7) is 9.84. The highest BCUT2D eigenvalue weighted by molar-refractivity contribution is 5.80. The van der Waals surface area contributed by atoms with Crippen LogP contribution in [0.1, 0.15) is 63.5 Å². The Kier molecular flexibility index (Phi) is 10.1. The number of hydrogen-bond donors (Lipinski definition) is 2. The van der Waals surface area contributed by atoms with Gasteiger partial charge in [0, 0.05) is 43.2 Å². The highest BCUT2D eigenvalue weighted by Gasteiger charge is 2.10. The second-order valence-corrected chi connectivity index (χ2v) is 8.57. The molecule has 1 aliphatic rings. The minimum Gasteiger partial charge on any atom is -0.476 e. The molecule has 2 N–H and O–H groups in total. The minimum absolute atomic E-state index is 0.571. The SMILES string of the molecule is CCCN(CCC)c1cc(N/N=C/c2cccc(C)c2)nc(OCCNC2=CCCCC2)c1. The van der Waals surface area contributed by atoms with E-state index in [1.165, 1.54) is 30.5 Å². The fourth-order valence-corrected chi connectivity index (χ4v) is 4.00. The highest BCUT2D eigenvalue weighted by Crippen LogP contribution is 2.25. The van der Waals surface area contributed by atoms with Crippen LogP contribution in [0, 0.1) is 6.92 Å². The Balaban J connectivity index is 1.68. The van der Waals surface area contributed by atoms with Gasteiger partial charge in [0.15, 0.2) is 5.82 Å². The number of aryl methyl sites for hydroxylation is 1. The first-order valence-corrected chi connectivity index (χ1v) is 12.4. The average molecular weight is 450 g/mol. The number of pyridine rings is 1. The number of aromatic nitrogens is 1. The first-order chi connectivity index (χ1) is 16.2. The van der Waals surface area contributed by atoms with Crippen molar-refractivity contribution >= 4 is 17.7 Å². The number of ether oxygens (including phenoxy) is 1. The lowest BCUT2D eigenvalue weighted by atomic mass is 10.1. The number of allylic oxidation sites excluding steroid dienone is 2. The second-order valence-electron chi connectivity index (χ2n) is 8.57. The van der Waals surface area contributed by atoms with E-state index in [0.717, 1.165) is 50.1 Å². The largest absolute Gasteiger partial charge is 0.476 e. The molecule has 0 aliphatic heterocycles. The second kappa shape index (κ2) is 13.5. The summed E-state index contributed by atoms with van der Waals surface area (Å²) in [6, 6.07) is 12.3. The van der Waals surface area contributed by atoms with Crippen molar-refractivity contribution in [3.05, 3.63) is 59.3 Å². The molecule has 6 nitrogen and oxygen atoms in total. The predicted octanol–water partition coefficient (Wildman–Crippen LogP) is 5.89. The molecule has 6 heteroatoms. The molecule has 0 unspecified atom stereocenters. The molecular formula is C27H39N5O. The van der Waals surface area contributed by atoms with E-state index >= 15 is 0 Å². The molecule has 3 rings (SSSR count). The van der Waals surface area contributed by atoms with Crippen LogP contribution in [0.25, 0.3) is 0 Å². The summed E-state index contributed by atoms with van der Waals surface area (Å²) in [5.41, 5.74) is 7.82. The highest BCUT2D eigenvalue weighted by atomic mass is 16.5. The fraction of sp³-hybridized carbons (Fsp3) is 0.481. The van der Waals surface area contributed by atoms with Crippen LogP contribution in [0.5, 0.6) is 5.88 Å². The van der Waals surface area contributed by atoms with Crippen LogP contribution in [-0.2, 0) is 0 Å². The molecule has 0 saturated heterocycles. The van der Waals surface area contributed by atoms with Gasteiger partial charge >= 0.3 is 0 Å². The number of benzene rings is 1. The van der Waals surface area contributed by atoms with Gasteiger partial charge in [0.2, 0.25) is 5.88 Å². The van der Waals surface area contributed by atoms with Crippen LogP contribution in [0.2, 0.25) is 0 Å². The van der Waals surface area contributed by atoms with Gasteiger partial charge < -0.3 is 15.0 Å². The lowest BCUT2D eigenvalue weighted by Crippen LogP contribution is -2.25. The first kappa shape index (κ1) is 24.6. The molecule has 1 aromatic heterocycles. The van der Waals surface area contributed by atoms with Gasteiger partial charge in [-0.05, 0) is 51.0 Å². The summed E-state index contributed by atoms with van der Waals surface area (Å²) in [6.07, 6.45) is 11.2. The maximum atomic E-state index is 6.05. The molecular weight excluding hydrogens is 410 g/mol. The summed E-state index contributed by atoms with van der Waals surface area (Å²) >= 11 is 0. The molecule has 0 spiro atoms. The Bertz CT molecular complexity index is 918.